The molecule has 27 heavy (non-hydrogen) atoms. The maximum atomic E-state index is 12.9. The molecule has 1 atom stereocenters. The number of nitrogens with one attached hydrogen (secondary N) is 1. The van der Waals surface area contributed by atoms with Gasteiger partial charge in [-0.1, -0.05) is 12.1 Å². The quantitative estimate of drug-likeness (QED) is 0.764. The van der Waals surface area contributed by atoms with Crippen LogP contribution in [0, 0.1) is 0 Å². The zero-order valence-corrected chi connectivity index (χ0v) is 14.5. The lowest BCUT2D eigenvalue weighted by molar-refractivity contribution is -0.126. The molecule has 8 heteroatoms. The largest absolute Gasteiger partial charge is 0.481 e. The van der Waals surface area contributed by atoms with E-state index < -0.39 is 6.10 Å². The van der Waals surface area contributed by atoms with Crippen LogP contribution in [0.5, 0.6) is 5.75 Å². The maximum Gasteiger partial charge on any atom is 0.268 e. The fraction of sp³-hybridized carbons (Fsp3) is 0.158. The lowest BCUT2D eigenvalue weighted by atomic mass is 10.1. The van der Waals surface area contributed by atoms with Crippen LogP contribution in [0.1, 0.15) is 6.92 Å². The molecule has 1 N–H and O–H groups in total. The predicted molar refractivity (Wildman–Crippen MR) is 97.2 cm³/mol. The number of carbonyl (C=O) groups excluding carboxylic acids is 2. The van der Waals surface area contributed by atoms with Crippen molar-refractivity contribution in [2.45, 2.75) is 13.0 Å². The SMILES string of the molecule is C[C@@H](Oc1ccc(-c2nnco2)cc1)C(=O)N1CC(=O)Nc2ccccc21. The molecule has 0 fully saturated rings. The average molecular weight is 364 g/mol. The Morgan fingerprint density at radius 3 is 2.74 bits per heavy atom. The summed E-state index contributed by atoms with van der Waals surface area (Å²) in [6.07, 6.45) is 0.491. The molecule has 4 rings (SSSR count). The van der Waals surface area contributed by atoms with Gasteiger partial charge in [-0.25, -0.2) is 0 Å². The number of benzene rings is 2. The second-order valence-electron chi connectivity index (χ2n) is 6.02. The predicted octanol–water partition coefficient (Wildman–Crippen LogP) is 2.49. The lowest BCUT2D eigenvalue weighted by Gasteiger charge is -2.31. The first-order chi connectivity index (χ1) is 13.1. The normalized spacial score (nSPS) is 14.3. The molecular formula is C19H16N4O4. The van der Waals surface area contributed by atoms with Crippen molar-refractivity contribution in [1.82, 2.24) is 10.2 Å². The van der Waals surface area contributed by atoms with E-state index >= 15 is 0 Å². The Hall–Kier alpha value is -3.68. The average Bonchev–Trinajstić information content (AvgIpc) is 3.22. The molecule has 0 bridgehead atoms. The van der Waals surface area contributed by atoms with E-state index in [0.717, 1.165) is 5.56 Å². The van der Waals surface area contributed by atoms with Crippen LogP contribution in [0.25, 0.3) is 11.5 Å². The van der Waals surface area contributed by atoms with Gasteiger partial charge in [-0.05, 0) is 43.3 Å². The molecule has 0 aliphatic carbocycles. The molecular weight excluding hydrogens is 348 g/mol. The standard InChI is InChI=1S/C19H16N4O4/c1-12(27-14-8-6-13(7-9-14)18-22-20-11-26-18)19(25)23-10-17(24)21-15-4-2-3-5-16(15)23/h2-9,11-12H,10H2,1H3,(H,21,24)/t12-/m1/s1. The van der Waals surface area contributed by atoms with E-state index in [1.807, 2.05) is 6.07 Å². The number of aromatic nitrogens is 2. The van der Waals surface area contributed by atoms with Crippen molar-refractivity contribution in [3.05, 3.63) is 54.9 Å². The van der Waals surface area contributed by atoms with Gasteiger partial charge >= 0.3 is 0 Å². The molecule has 2 amide bonds. The number of rotatable bonds is 4. The molecule has 0 saturated carbocycles. The summed E-state index contributed by atoms with van der Waals surface area (Å²) in [6, 6.07) is 14.1. The summed E-state index contributed by atoms with van der Waals surface area (Å²) in [4.78, 5) is 26.2. The van der Waals surface area contributed by atoms with Gasteiger partial charge in [0.25, 0.3) is 5.91 Å². The van der Waals surface area contributed by atoms with E-state index in [-0.39, 0.29) is 18.4 Å². The lowest BCUT2D eigenvalue weighted by Crippen LogP contribution is -2.47. The summed E-state index contributed by atoms with van der Waals surface area (Å²) in [5.74, 6) is 0.395. The first-order valence-corrected chi connectivity index (χ1v) is 8.35. The van der Waals surface area contributed by atoms with Crippen LogP contribution in [0.15, 0.2) is 59.3 Å². The molecule has 0 spiro atoms. The van der Waals surface area contributed by atoms with Gasteiger partial charge in [-0.15, -0.1) is 10.2 Å². The topological polar surface area (TPSA) is 97.6 Å². The molecule has 1 aliphatic rings. The summed E-state index contributed by atoms with van der Waals surface area (Å²) in [6.45, 7) is 1.61. The summed E-state index contributed by atoms with van der Waals surface area (Å²) >= 11 is 0. The third kappa shape index (κ3) is 3.37. The number of anilines is 2. The van der Waals surface area contributed by atoms with Crippen molar-refractivity contribution in [3.63, 3.8) is 0 Å². The van der Waals surface area contributed by atoms with Gasteiger partial charge in [0.2, 0.25) is 18.2 Å². The van der Waals surface area contributed by atoms with E-state index in [1.54, 1.807) is 49.4 Å². The van der Waals surface area contributed by atoms with Crippen molar-refractivity contribution in [2.24, 2.45) is 0 Å². The Bertz CT molecular complexity index is 970. The Morgan fingerprint density at radius 1 is 1.22 bits per heavy atom. The van der Waals surface area contributed by atoms with Crippen LogP contribution in [0.2, 0.25) is 0 Å². The molecule has 1 aliphatic heterocycles. The van der Waals surface area contributed by atoms with E-state index in [1.165, 1.54) is 11.3 Å². The highest BCUT2D eigenvalue weighted by molar-refractivity contribution is 6.10. The van der Waals surface area contributed by atoms with Gasteiger partial charge in [0.1, 0.15) is 12.3 Å². The van der Waals surface area contributed by atoms with Gasteiger partial charge < -0.3 is 14.5 Å². The summed E-state index contributed by atoms with van der Waals surface area (Å²) in [5, 5.41) is 10.2. The highest BCUT2D eigenvalue weighted by atomic mass is 16.5. The van der Waals surface area contributed by atoms with E-state index in [0.29, 0.717) is 23.0 Å². The summed E-state index contributed by atoms with van der Waals surface area (Å²) in [7, 11) is 0. The molecule has 8 nitrogen and oxygen atoms in total. The minimum atomic E-state index is -0.766. The van der Waals surface area contributed by atoms with Gasteiger partial charge in [-0.3, -0.25) is 14.5 Å². The van der Waals surface area contributed by atoms with Gasteiger partial charge in [0.15, 0.2) is 6.10 Å². The number of amides is 2. The minimum Gasteiger partial charge on any atom is -0.481 e. The molecule has 0 saturated heterocycles. The van der Waals surface area contributed by atoms with Gasteiger partial charge in [0.05, 0.1) is 11.4 Å². The fourth-order valence-corrected chi connectivity index (χ4v) is 2.88. The highest BCUT2D eigenvalue weighted by Crippen LogP contribution is 2.30. The zero-order chi connectivity index (χ0) is 18.8. The van der Waals surface area contributed by atoms with Gasteiger partial charge in [0, 0.05) is 5.56 Å². The van der Waals surface area contributed by atoms with Crippen LogP contribution < -0.4 is 15.0 Å². The van der Waals surface area contributed by atoms with Crippen LogP contribution in [-0.4, -0.2) is 34.7 Å². The number of ether oxygens (including phenoxy) is 1. The molecule has 3 aromatic rings. The number of hydrogen-bond donors (Lipinski definition) is 1. The third-order valence-corrected chi connectivity index (χ3v) is 4.16. The van der Waals surface area contributed by atoms with Crippen LogP contribution >= 0.6 is 0 Å². The zero-order valence-electron chi connectivity index (χ0n) is 14.5. The number of fused-ring (bicyclic) bond motifs is 1. The Morgan fingerprint density at radius 2 is 2.00 bits per heavy atom. The Balaban J connectivity index is 1.49. The molecule has 2 heterocycles. The second kappa shape index (κ2) is 6.91. The highest BCUT2D eigenvalue weighted by Gasteiger charge is 2.30. The smallest absolute Gasteiger partial charge is 0.268 e. The molecule has 2 aromatic carbocycles. The van der Waals surface area contributed by atoms with Crippen LogP contribution in [0.4, 0.5) is 11.4 Å². The number of carbonyl (C=O) groups is 2. The second-order valence-corrected chi connectivity index (χ2v) is 6.02. The van der Waals surface area contributed by atoms with Crippen molar-refractivity contribution in [1.29, 1.82) is 0 Å². The first-order valence-electron chi connectivity index (χ1n) is 8.35. The number of hydrogen-bond acceptors (Lipinski definition) is 6. The third-order valence-electron chi connectivity index (χ3n) is 4.16. The van der Waals surface area contributed by atoms with E-state index in [9.17, 15) is 9.59 Å². The first kappa shape index (κ1) is 16.8. The van der Waals surface area contributed by atoms with Gasteiger partial charge in [-0.2, -0.15) is 0 Å². The van der Waals surface area contributed by atoms with Crippen molar-refractivity contribution < 1.29 is 18.7 Å². The maximum absolute atomic E-state index is 12.9. The minimum absolute atomic E-state index is 0.0420. The molecule has 0 radical (unpaired) electrons. The number of para-hydroxylation sites is 2. The van der Waals surface area contributed by atoms with Crippen LogP contribution in [0.3, 0.4) is 0 Å². The Labute approximate surface area is 154 Å². The van der Waals surface area contributed by atoms with Crippen LogP contribution in [-0.2, 0) is 9.59 Å². The monoisotopic (exact) mass is 364 g/mol. The van der Waals surface area contributed by atoms with E-state index in [4.69, 9.17) is 9.15 Å². The van der Waals surface area contributed by atoms with Crippen molar-refractivity contribution >= 4 is 23.2 Å². The molecule has 136 valence electrons. The van der Waals surface area contributed by atoms with Crippen molar-refractivity contribution in [3.8, 4) is 17.2 Å². The fourth-order valence-electron chi connectivity index (χ4n) is 2.88. The summed E-state index contributed by atoms with van der Waals surface area (Å²) in [5.41, 5.74) is 2.02. The number of nitrogens with zero attached hydrogens (tertiary/aromatic N) is 3. The Kier molecular flexibility index (Phi) is 4.29. The molecule has 0 unspecified atom stereocenters. The summed E-state index contributed by atoms with van der Waals surface area (Å²) < 4.78 is 10.9. The van der Waals surface area contributed by atoms with Crippen molar-refractivity contribution in [2.75, 3.05) is 16.8 Å². The molecule has 1 aromatic heterocycles. The van der Waals surface area contributed by atoms with E-state index in [2.05, 4.69) is 15.5 Å².